The number of rotatable bonds is 0. The van der Waals surface area contributed by atoms with Crippen LogP contribution in [0.3, 0.4) is 0 Å². The predicted octanol–water partition coefficient (Wildman–Crippen LogP) is 2.70. The fourth-order valence-electron chi connectivity index (χ4n) is 2.47. The maximum absolute atomic E-state index is 12.4. The second-order valence-electron chi connectivity index (χ2n) is 5.56. The molecule has 0 N–H and O–H groups in total. The van der Waals surface area contributed by atoms with Gasteiger partial charge in [-0.15, -0.1) is 0 Å². The third kappa shape index (κ3) is 1.32. The largest absolute Gasteiger partial charge is 0.293 e. The summed E-state index contributed by atoms with van der Waals surface area (Å²) < 4.78 is 0. The molecule has 0 spiro atoms. The van der Waals surface area contributed by atoms with Crippen molar-refractivity contribution < 1.29 is 4.79 Å². The van der Waals surface area contributed by atoms with Gasteiger partial charge in [0.25, 0.3) is 0 Å². The maximum Gasteiger partial charge on any atom is 0.178 e. The monoisotopic (exact) mass is 226 g/mol. The van der Waals surface area contributed by atoms with Gasteiger partial charge in [-0.3, -0.25) is 4.79 Å². The molecule has 17 heavy (non-hydrogen) atoms. The van der Waals surface area contributed by atoms with Crippen molar-refractivity contribution in [3.63, 3.8) is 0 Å². The molecule has 1 heterocycles. The summed E-state index contributed by atoms with van der Waals surface area (Å²) in [6.07, 6.45) is 0. The van der Waals surface area contributed by atoms with Crippen LogP contribution in [0.15, 0.2) is 34.5 Å². The van der Waals surface area contributed by atoms with Crippen molar-refractivity contribution in [3.05, 3.63) is 35.4 Å². The van der Waals surface area contributed by atoms with E-state index in [0.717, 1.165) is 22.6 Å². The van der Waals surface area contributed by atoms with Gasteiger partial charge in [0, 0.05) is 16.5 Å². The number of carbonyl (C=O) groups is 1. The molecule has 1 aromatic carbocycles. The van der Waals surface area contributed by atoms with Crippen LogP contribution in [0.4, 0.5) is 0 Å². The molecule has 3 rings (SSSR count). The molecule has 0 bridgehead atoms. The maximum atomic E-state index is 12.4. The molecule has 0 saturated heterocycles. The zero-order chi connectivity index (χ0) is 12.2. The zero-order valence-corrected chi connectivity index (χ0v) is 10.2. The van der Waals surface area contributed by atoms with Crippen LogP contribution in [0.25, 0.3) is 0 Å². The van der Waals surface area contributed by atoms with E-state index in [1.807, 2.05) is 24.3 Å². The van der Waals surface area contributed by atoms with Gasteiger partial charge in [-0.1, -0.05) is 45.0 Å². The Kier molecular flexibility index (Phi) is 1.91. The van der Waals surface area contributed by atoms with E-state index in [4.69, 9.17) is 0 Å². The lowest BCUT2D eigenvalue weighted by atomic mass is 9.80. The highest BCUT2D eigenvalue weighted by atomic mass is 16.1. The van der Waals surface area contributed by atoms with Crippen molar-refractivity contribution in [2.75, 3.05) is 0 Å². The van der Waals surface area contributed by atoms with Crippen LogP contribution in [0.2, 0.25) is 0 Å². The minimum atomic E-state index is -0.243. The number of fused-ring (bicyclic) bond motifs is 3. The van der Waals surface area contributed by atoms with Gasteiger partial charge in [-0.05, 0) is 0 Å². The number of hydrogen-bond donors (Lipinski definition) is 0. The molecule has 1 atom stereocenters. The van der Waals surface area contributed by atoms with E-state index in [0.29, 0.717) is 0 Å². The van der Waals surface area contributed by atoms with Crippen molar-refractivity contribution in [3.8, 4) is 0 Å². The van der Waals surface area contributed by atoms with E-state index in [2.05, 4.69) is 31.0 Å². The minimum absolute atomic E-state index is 0.117. The zero-order valence-electron chi connectivity index (χ0n) is 10.2. The highest BCUT2D eigenvalue weighted by Crippen LogP contribution is 2.36. The third-order valence-corrected chi connectivity index (χ3v) is 3.31. The van der Waals surface area contributed by atoms with E-state index >= 15 is 0 Å². The topological polar surface area (TPSA) is 41.8 Å². The molecule has 0 fully saturated rings. The van der Waals surface area contributed by atoms with Gasteiger partial charge in [-0.25, -0.2) is 0 Å². The van der Waals surface area contributed by atoms with Crippen LogP contribution in [-0.2, 0) is 0 Å². The van der Waals surface area contributed by atoms with E-state index < -0.39 is 0 Å². The number of Topliss-reactive ketones (excluding diaryl/α,β-unsaturated/α-hetero) is 1. The number of ketones is 1. The Morgan fingerprint density at radius 1 is 1.06 bits per heavy atom. The number of nitrogens with zero attached hydrogens (tertiary/aromatic N) is 2. The normalized spacial score (nSPS) is 22.1. The van der Waals surface area contributed by atoms with Crippen LogP contribution in [0.5, 0.6) is 0 Å². The lowest BCUT2D eigenvalue weighted by molar-refractivity contribution is 0.0983. The van der Waals surface area contributed by atoms with Gasteiger partial charge in [0.05, 0.1) is 11.4 Å². The summed E-state index contributed by atoms with van der Waals surface area (Å²) >= 11 is 0. The standard InChI is InChI=1S/C14H14N2O/c1-14(2,3)13-10-11(15-16-13)8-6-4-5-7-9(8)12(10)17/h4-7,10H,1-3H3/t10-/m1/s1. The molecule has 1 aromatic rings. The summed E-state index contributed by atoms with van der Waals surface area (Å²) in [6.45, 7) is 6.21. The van der Waals surface area contributed by atoms with Crippen molar-refractivity contribution >= 4 is 17.2 Å². The average molecular weight is 226 g/mol. The average Bonchev–Trinajstić information content (AvgIpc) is 2.80. The fraction of sp³-hybridized carbons (Fsp3) is 0.357. The molecule has 0 saturated carbocycles. The van der Waals surface area contributed by atoms with Crippen molar-refractivity contribution in [1.29, 1.82) is 0 Å². The molecule has 0 unspecified atom stereocenters. The van der Waals surface area contributed by atoms with Crippen molar-refractivity contribution in [2.45, 2.75) is 20.8 Å². The lowest BCUT2D eigenvalue weighted by Gasteiger charge is -2.21. The smallest absolute Gasteiger partial charge is 0.178 e. The number of carbonyl (C=O) groups excluding carboxylic acids is 1. The molecule has 1 aliphatic heterocycles. The minimum Gasteiger partial charge on any atom is -0.293 e. The van der Waals surface area contributed by atoms with Crippen LogP contribution in [0.1, 0.15) is 36.7 Å². The lowest BCUT2D eigenvalue weighted by Crippen LogP contribution is -2.32. The first-order valence-electron chi connectivity index (χ1n) is 5.79. The van der Waals surface area contributed by atoms with Crippen LogP contribution < -0.4 is 0 Å². The molecule has 0 radical (unpaired) electrons. The van der Waals surface area contributed by atoms with Gasteiger partial charge in [0.1, 0.15) is 5.92 Å². The molecule has 2 aliphatic rings. The van der Waals surface area contributed by atoms with Crippen molar-refractivity contribution in [2.24, 2.45) is 21.5 Å². The molecular weight excluding hydrogens is 212 g/mol. The van der Waals surface area contributed by atoms with Gasteiger partial charge < -0.3 is 0 Å². The van der Waals surface area contributed by atoms with E-state index in [1.54, 1.807) is 0 Å². The highest BCUT2D eigenvalue weighted by molar-refractivity contribution is 6.39. The summed E-state index contributed by atoms with van der Waals surface area (Å²) in [5.41, 5.74) is 3.33. The number of hydrogen-bond acceptors (Lipinski definition) is 3. The van der Waals surface area contributed by atoms with E-state index in [9.17, 15) is 4.79 Å². The van der Waals surface area contributed by atoms with E-state index in [1.165, 1.54) is 0 Å². The molecule has 86 valence electrons. The Hall–Kier alpha value is -1.77. The SMILES string of the molecule is CC(C)(C)C1=NN=C2c3ccccc3C(=O)[C@@H]21. The quantitative estimate of drug-likeness (QED) is 0.670. The molecule has 0 amide bonds. The third-order valence-electron chi connectivity index (χ3n) is 3.31. The highest BCUT2D eigenvalue weighted by Gasteiger charge is 2.45. The van der Waals surface area contributed by atoms with Gasteiger partial charge in [0.2, 0.25) is 0 Å². The summed E-state index contributed by atoms with van der Waals surface area (Å²) in [4.78, 5) is 12.4. The molecular formula is C14H14N2O. The molecule has 1 aliphatic carbocycles. The van der Waals surface area contributed by atoms with Crippen molar-refractivity contribution in [1.82, 2.24) is 0 Å². The van der Waals surface area contributed by atoms with Gasteiger partial charge in [-0.2, -0.15) is 10.2 Å². The Morgan fingerprint density at radius 2 is 1.71 bits per heavy atom. The van der Waals surface area contributed by atoms with Crippen LogP contribution >= 0.6 is 0 Å². The second-order valence-corrected chi connectivity index (χ2v) is 5.56. The Morgan fingerprint density at radius 3 is 2.35 bits per heavy atom. The van der Waals surface area contributed by atoms with Crippen LogP contribution in [0, 0.1) is 11.3 Å². The second kappa shape index (κ2) is 3.13. The Labute approximate surface area is 100 Å². The first kappa shape index (κ1) is 10.4. The fourth-order valence-corrected chi connectivity index (χ4v) is 2.47. The van der Waals surface area contributed by atoms with Gasteiger partial charge in [0.15, 0.2) is 5.78 Å². The van der Waals surface area contributed by atoms with Crippen LogP contribution in [-0.4, -0.2) is 17.2 Å². The molecule has 3 nitrogen and oxygen atoms in total. The molecule has 3 heteroatoms. The summed E-state index contributed by atoms with van der Waals surface area (Å²) in [7, 11) is 0. The van der Waals surface area contributed by atoms with Gasteiger partial charge >= 0.3 is 0 Å². The summed E-state index contributed by atoms with van der Waals surface area (Å²) in [5.74, 6) is -0.0991. The first-order chi connectivity index (χ1) is 8.00. The summed E-state index contributed by atoms with van der Waals surface area (Å²) in [5, 5.41) is 8.45. The Balaban J connectivity index is 2.13. The number of benzene rings is 1. The first-order valence-corrected chi connectivity index (χ1v) is 5.79. The Bertz CT molecular complexity index is 576. The molecule has 0 aromatic heterocycles. The van der Waals surface area contributed by atoms with E-state index in [-0.39, 0.29) is 17.1 Å². The predicted molar refractivity (Wildman–Crippen MR) is 67.7 cm³/mol. The summed E-state index contributed by atoms with van der Waals surface area (Å²) in [6, 6.07) is 7.66.